The van der Waals surface area contributed by atoms with Gasteiger partial charge in [0.1, 0.15) is 34.6 Å². The van der Waals surface area contributed by atoms with Crippen molar-refractivity contribution in [3.63, 3.8) is 0 Å². The largest absolute Gasteiger partial charge is 0.573 e. The van der Waals surface area contributed by atoms with Gasteiger partial charge >= 0.3 is 12.5 Å². The number of hydrogen-bond acceptors (Lipinski definition) is 4. The van der Waals surface area contributed by atoms with Crippen LogP contribution in [-0.4, -0.2) is 16.3 Å². The molecule has 0 aliphatic rings. The van der Waals surface area contributed by atoms with Crippen LogP contribution in [0.4, 0.5) is 48.3 Å². The first-order chi connectivity index (χ1) is 21.1. The van der Waals surface area contributed by atoms with E-state index in [9.17, 15) is 48.3 Å². The van der Waals surface area contributed by atoms with Gasteiger partial charge in [-0.1, -0.05) is 17.9 Å². The average molecular weight is 644 g/mol. The highest BCUT2D eigenvalue weighted by Crippen LogP contribution is 2.37. The van der Waals surface area contributed by atoms with Crippen molar-refractivity contribution < 1.29 is 57.8 Å². The van der Waals surface area contributed by atoms with Crippen molar-refractivity contribution in [3.8, 4) is 34.7 Å². The quantitative estimate of drug-likeness (QED) is 0.110. The maximum atomic E-state index is 14.8. The molecule has 1 aromatic heterocycles. The number of halogens is 11. The molecule has 15 heteroatoms. The molecular weight excluding hydrogens is 629 g/mol. The second-order valence-electron chi connectivity index (χ2n) is 9.00. The average Bonchev–Trinajstić information content (AvgIpc) is 2.92. The van der Waals surface area contributed by atoms with E-state index in [1.54, 1.807) is 6.08 Å². The second kappa shape index (κ2) is 12.8. The Hall–Kier alpha value is -5.13. The van der Waals surface area contributed by atoms with Crippen LogP contribution in [0, 0.1) is 46.7 Å². The number of rotatable bonds is 8. The van der Waals surface area contributed by atoms with Crippen LogP contribution in [0.2, 0.25) is 0 Å². The van der Waals surface area contributed by atoms with E-state index in [0.29, 0.717) is 30.5 Å². The van der Waals surface area contributed by atoms with Gasteiger partial charge in [0.05, 0.1) is 5.56 Å². The third-order valence-electron chi connectivity index (χ3n) is 5.74. The Morgan fingerprint density at radius 2 is 1.27 bits per heavy atom. The van der Waals surface area contributed by atoms with Crippen molar-refractivity contribution in [2.24, 2.45) is 0 Å². The Morgan fingerprint density at radius 3 is 1.78 bits per heavy atom. The summed E-state index contributed by atoms with van der Waals surface area (Å²) in [5, 5.41) is 0. The summed E-state index contributed by atoms with van der Waals surface area (Å²) in [6, 6.07) is 1.97. The molecule has 4 nitrogen and oxygen atoms in total. The fourth-order valence-electron chi connectivity index (χ4n) is 3.79. The van der Waals surface area contributed by atoms with E-state index < -0.39 is 75.6 Å². The number of benzene rings is 3. The van der Waals surface area contributed by atoms with Crippen molar-refractivity contribution in [3.05, 3.63) is 119 Å². The highest BCUT2D eigenvalue weighted by molar-refractivity contribution is 5.56. The molecule has 0 spiro atoms. The summed E-state index contributed by atoms with van der Waals surface area (Å²) < 4.78 is 160. The number of ether oxygens (including phenoxy) is 2. The van der Waals surface area contributed by atoms with Crippen LogP contribution < -0.4 is 9.47 Å². The summed E-state index contributed by atoms with van der Waals surface area (Å²) in [4.78, 5) is 7.91. The molecule has 1 heterocycles. The Balaban J connectivity index is 1.57. The minimum Gasteiger partial charge on any atom is -0.429 e. The van der Waals surface area contributed by atoms with E-state index in [2.05, 4.69) is 26.0 Å². The van der Waals surface area contributed by atoms with Crippen LogP contribution in [0.1, 0.15) is 28.7 Å². The third-order valence-corrected chi connectivity index (χ3v) is 5.74. The molecule has 0 aliphatic heterocycles. The van der Waals surface area contributed by atoms with Gasteiger partial charge in [0.2, 0.25) is 5.75 Å². The minimum atomic E-state index is -5.42. The van der Waals surface area contributed by atoms with E-state index >= 15 is 0 Å². The zero-order valence-corrected chi connectivity index (χ0v) is 22.2. The van der Waals surface area contributed by atoms with Gasteiger partial charge in [-0.2, -0.15) is 8.78 Å². The van der Waals surface area contributed by atoms with Gasteiger partial charge in [-0.05, 0) is 42.7 Å². The normalized spacial score (nSPS) is 11.5. The Morgan fingerprint density at radius 1 is 0.711 bits per heavy atom. The number of hydrogen-bond donors (Lipinski definition) is 0. The van der Waals surface area contributed by atoms with Crippen LogP contribution in [0.25, 0.3) is 11.4 Å². The molecule has 0 fully saturated rings. The van der Waals surface area contributed by atoms with E-state index in [-0.39, 0.29) is 35.7 Å². The SMILES string of the molecule is C=CCCc1cnc(-c2cc(F)c(C(F)(F)Oc3cc(F)c(C#Cc4cc(F)c(OC(F)(F)F)c(F)c4)c(F)c3)c(F)c2)nc1. The zero-order valence-electron chi connectivity index (χ0n) is 22.2. The van der Waals surface area contributed by atoms with Crippen LogP contribution in [0.5, 0.6) is 11.5 Å². The molecular formula is C30H15F11N2O2. The van der Waals surface area contributed by atoms with Gasteiger partial charge in [0.25, 0.3) is 0 Å². The molecule has 0 aliphatic carbocycles. The number of alkyl halides is 5. The first kappa shape index (κ1) is 32.8. The van der Waals surface area contributed by atoms with Crippen molar-refractivity contribution in [2.75, 3.05) is 0 Å². The molecule has 0 saturated heterocycles. The molecule has 0 atom stereocenters. The van der Waals surface area contributed by atoms with Crippen molar-refractivity contribution >= 4 is 0 Å². The van der Waals surface area contributed by atoms with Crippen LogP contribution in [0.3, 0.4) is 0 Å². The summed E-state index contributed by atoms with van der Waals surface area (Å²) >= 11 is 0. The van der Waals surface area contributed by atoms with Gasteiger partial charge in [0, 0.05) is 35.7 Å². The maximum Gasteiger partial charge on any atom is 0.573 e. The number of aryl methyl sites for hydroxylation is 1. The number of nitrogens with zero attached hydrogens (tertiary/aromatic N) is 2. The molecule has 3 aromatic carbocycles. The van der Waals surface area contributed by atoms with Crippen LogP contribution in [-0.2, 0) is 12.5 Å². The van der Waals surface area contributed by atoms with Gasteiger partial charge in [-0.3, -0.25) is 0 Å². The summed E-state index contributed by atoms with van der Waals surface area (Å²) in [6.45, 7) is 3.57. The van der Waals surface area contributed by atoms with Gasteiger partial charge in [0.15, 0.2) is 17.5 Å². The summed E-state index contributed by atoms with van der Waals surface area (Å²) in [5.41, 5.74) is -3.29. The molecule has 4 rings (SSSR count). The topological polar surface area (TPSA) is 44.2 Å². The third kappa shape index (κ3) is 7.88. The molecule has 4 aromatic rings. The van der Waals surface area contributed by atoms with E-state index in [0.717, 1.165) is 0 Å². The lowest BCUT2D eigenvalue weighted by molar-refractivity contribution is -0.276. The lowest BCUT2D eigenvalue weighted by Gasteiger charge is -2.20. The van der Waals surface area contributed by atoms with Gasteiger partial charge in [-0.15, -0.1) is 19.8 Å². The molecule has 0 bridgehead atoms. The molecule has 0 unspecified atom stereocenters. The van der Waals surface area contributed by atoms with Crippen LogP contribution >= 0.6 is 0 Å². The first-order valence-electron chi connectivity index (χ1n) is 12.3. The lowest BCUT2D eigenvalue weighted by Crippen LogP contribution is -2.25. The lowest BCUT2D eigenvalue weighted by atomic mass is 10.1. The van der Waals surface area contributed by atoms with E-state index in [1.807, 2.05) is 11.8 Å². The monoisotopic (exact) mass is 644 g/mol. The Kier molecular flexibility index (Phi) is 9.36. The second-order valence-corrected chi connectivity index (χ2v) is 9.00. The fourth-order valence-corrected chi connectivity index (χ4v) is 3.79. The minimum absolute atomic E-state index is 0.178. The Labute approximate surface area is 246 Å². The smallest absolute Gasteiger partial charge is 0.429 e. The van der Waals surface area contributed by atoms with E-state index in [4.69, 9.17) is 0 Å². The predicted octanol–water partition coefficient (Wildman–Crippen LogP) is 8.52. The van der Waals surface area contributed by atoms with Gasteiger partial charge in [-0.25, -0.2) is 36.3 Å². The molecule has 0 N–H and O–H groups in total. The Bertz CT molecular complexity index is 1740. The zero-order chi connectivity index (χ0) is 33.1. The summed E-state index contributed by atoms with van der Waals surface area (Å²) in [7, 11) is 0. The van der Waals surface area contributed by atoms with E-state index in [1.165, 1.54) is 12.4 Å². The van der Waals surface area contributed by atoms with Crippen molar-refractivity contribution in [1.82, 2.24) is 9.97 Å². The highest BCUT2D eigenvalue weighted by Gasteiger charge is 2.41. The van der Waals surface area contributed by atoms with Crippen molar-refractivity contribution in [2.45, 2.75) is 25.3 Å². The molecule has 45 heavy (non-hydrogen) atoms. The number of aromatic nitrogens is 2. The molecule has 0 amide bonds. The highest BCUT2D eigenvalue weighted by atomic mass is 19.4. The summed E-state index contributed by atoms with van der Waals surface area (Å²) in [5.74, 6) is -10.0. The summed E-state index contributed by atoms with van der Waals surface area (Å²) in [6.07, 6.45) is -4.65. The first-order valence-corrected chi connectivity index (χ1v) is 12.3. The predicted molar refractivity (Wildman–Crippen MR) is 136 cm³/mol. The molecule has 0 saturated carbocycles. The fraction of sp³-hybridized carbons (Fsp3) is 0.133. The van der Waals surface area contributed by atoms with Crippen molar-refractivity contribution in [1.29, 1.82) is 0 Å². The van der Waals surface area contributed by atoms with Crippen LogP contribution in [0.15, 0.2) is 61.4 Å². The molecule has 0 radical (unpaired) electrons. The number of allylic oxidation sites excluding steroid dienone is 1. The standard InChI is InChI=1S/C30H15F11N2O2/c1-2-3-4-16-13-42-28(43-14-16)17-9-22(33)26(23(34)10-17)29(37,38)44-18-11-20(31)19(21(32)12-18)6-5-15-7-24(35)27(25(36)8-15)45-30(39,40)41/h2,7-14H,1,3-4H2. The maximum absolute atomic E-state index is 14.8. The van der Waals surface area contributed by atoms with Gasteiger partial charge < -0.3 is 9.47 Å². The molecule has 234 valence electrons.